The van der Waals surface area contributed by atoms with Crippen LogP contribution in [-0.4, -0.2) is 23.6 Å². The highest BCUT2D eigenvalue weighted by Crippen LogP contribution is 2.38. The van der Waals surface area contributed by atoms with Gasteiger partial charge in [0.15, 0.2) is 17.0 Å². The second-order valence-corrected chi connectivity index (χ2v) is 9.95. The minimum absolute atomic E-state index is 0.0697. The number of ether oxygens (including phenoxy) is 2. The fourth-order valence-corrected chi connectivity index (χ4v) is 3.95. The maximum absolute atomic E-state index is 12.6. The van der Waals surface area contributed by atoms with Crippen LogP contribution >= 0.6 is 46.6 Å². The zero-order valence-corrected chi connectivity index (χ0v) is 21.4. The van der Waals surface area contributed by atoms with Gasteiger partial charge < -0.3 is 14.8 Å². The van der Waals surface area contributed by atoms with E-state index in [0.29, 0.717) is 15.8 Å². The lowest BCUT2D eigenvalue weighted by atomic mass is 10.1. The SMILES string of the molecule is CC(C#N)(COc1cc(Cl)ccc1Oc1ccc(Cl)cc1Cl)NC(=O)c1ccc(SC(F)(F)F)cc1. The summed E-state index contributed by atoms with van der Waals surface area (Å²) in [6.45, 7) is 1.13. The Morgan fingerprint density at radius 3 is 2.17 bits per heavy atom. The van der Waals surface area contributed by atoms with E-state index >= 15 is 0 Å². The van der Waals surface area contributed by atoms with Gasteiger partial charge in [0.05, 0.1) is 11.1 Å². The molecule has 3 rings (SSSR count). The molecule has 0 heterocycles. The molecule has 0 saturated carbocycles. The summed E-state index contributed by atoms with van der Waals surface area (Å²) >= 11 is 17.9. The zero-order chi connectivity index (χ0) is 26.5. The smallest absolute Gasteiger partial charge is 0.446 e. The number of nitrogens with zero attached hydrogens (tertiary/aromatic N) is 1. The van der Waals surface area contributed by atoms with E-state index in [1.807, 2.05) is 6.07 Å². The molecule has 3 aromatic carbocycles. The van der Waals surface area contributed by atoms with Crippen LogP contribution in [0.3, 0.4) is 0 Å². The summed E-state index contributed by atoms with van der Waals surface area (Å²) in [4.78, 5) is 12.6. The monoisotopic (exact) mass is 574 g/mol. The molecule has 0 aliphatic carbocycles. The van der Waals surface area contributed by atoms with E-state index < -0.39 is 17.0 Å². The lowest BCUT2D eigenvalue weighted by Gasteiger charge is -2.24. The Balaban J connectivity index is 1.72. The summed E-state index contributed by atoms with van der Waals surface area (Å²) in [5.41, 5.74) is -5.87. The van der Waals surface area contributed by atoms with Gasteiger partial charge in [0.25, 0.3) is 5.91 Å². The summed E-state index contributed by atoms with van der Waals surface area (Å²) in [6, 6.07) is 16.0. The molecular weight excluding hydrogens is 560 g/mol. The fourth-order valence-electron chi connectivity index (χ4n) is 2.80. The van der Waals surface area contributed by atoms with Crippen molar-refractivity contribution in [2.75, 3.05) is 6.61 Å². The van der Waals surface area contributed by atoms with Crippen LogP contribution in [0.15, 0.2) is 65.6 Å². The summed E-state index contributed by atoms with van der Waals surface area (Å²) < 4.78 is 49.1. The Hall–Kier alpha value is -2.77. The highest BCUT2D eigenvalue weighted by molar-refractivity contribution is 8.00. The summed E-state index contributed by atoms with van der Waals surface area (Å²) in [5, 5.41) is 13.2. The molecule has 1 N–H and O–H groups in total. The van der Waals surface area contributed by atoms with E-state index in [0.717, 1.165) is 0 Å². The van der Waals surface area contributed by atoms with Gasteiger partial charge in [-0.15, -0.1) is 0 Å². The number of thioether (sulfide) groups is 1. The van der Waals surface area contributed by atoms with Crippen molar-refractivity contribution in [1.82, 2.24) is 5.32 Å². The third-order valence-electron chi connectivity index (χ3n) is 4.52. The van der Waals surface area contributed by atoms with E-state index in [4.69, 9.17) is 44.3 Å². The molecule has 0 radical (unpaired) electrons. The molecule has 0 bridgehead atoms. The Morgan fingerprint density at radius 1 is 0.972 bits per heavy atom. The van der Waals surface area contributed by atoms with Crippen LogP contribution < -0.4 is 14.8 Å². The molecular formula is C24H16Cl3F3N2O3S. The van der Waals surface area contributed by atoms with Gasteiger partial charge in [0.1, 0.15) is 12.4 Å². The number of nitriles is 1. The number of hydrogen-bond donors (Lipinski definition) is 1. The van der Waals surface area contributed by atoms with Crippen LogP contribution in [0.5, 0.6) is 17.2 Å². The van der Waals surface area contributed by atoms with Gasteiger partial charge in [-0.25, -0.2) is 0 Å². The third kappa shape index (κ3) is 7.87. The topological polar surface area (TPSA) is 71.3 Å². The first kappa shape index (κ1) is 27.8. The number of halogens is 6. The minimum atomic E-state index is -4.44. The molecule has 36 heavy (non-hydrogen) atoms. The number of rotatable bonds is 8. The second-order valence-electron chi connectivity index (χ2n) is 7.53. The maximum atomic E-state index is 12.6. The van der Waals surface area contributed by atoms with Crippen molar-refractivity contribution in [2.45, 2.75) is 22.9 Å². The third-order valence-corrected chi connectivity index (χ3v) is 6.03. The number of carbonyl (C=O) groups excluding carboxylic acids is 1. The Kier molecular flexibility index (Phi) is 8.90. The van der Waals surface area contributed by atoms with Gasteiger partial charge in [-0.05, 0) is 73.3 Å². The molecule has 0 saturated heterocycles. The molecule has 5 nitrogen and oxygen atoms in total. The van der Waals surface area contributed by atoms with Crippen LogP contribution in [0.1, 0.15) is 17.3 Å². The van der Waals surface area contributed by atoms with Crippen LogP contribution in [0, 0.1) is 11.3 Å². The molecule has 0 aliphatic rings. The average Bonchev–Trinajstić information content (AvgIpc) is 2.80. The molecule has 0 fully saturated rings. The number of nitrogens with one attached hydrogen (secondary N) is 1. The van der Waals surface area contributed by atoms with Crippen LogP contribution in [0.25, 0.3) is 0 Å². The van der Waals surface area contributed by atoms with Gasteiger partial charge in [0, 0.05) is 26.6 Å². The summed E-state index contributed by atoms with van der Waals surface area (Å²) in [7, 11) is 0. The minimum Gasteiger partial charge on any atom is -0.486 e. The van der Waals surface area contributed by atoms with E-state index in [1.165, 1.54) is 43.3 Å². The van der Waals surface area contributed by atoms with E-state index in [1.54, 1.807) is 24.3 Å². The van der Waals surface area contributed by atoms with Gasteiger partial charge >= 0.3 is 5.51 Å². The first-order valence-corrected chi connectivity index (χ1v) is 12.0. The van der Waals surface area contributed by atoms with E-state index in [-0.39, 0.29) is 45.3 Å². The Labute approximate surface area is 224 Å². The lowest BCUT2D eigenvalue weighted by molar-refractivity contribution is -0.0328. The molecule has 0 aliphatic heterocycles. The van der Waals surface area contributed by atoms with Gasteiger partial charge in [-0.2, -0.15) is 18.4 Å². The molecule has 12 heteroatoms. The standard InChI is InChI=1S/C24H16Cl3F3N2O3S/c1-23(12-31,32-22(33)14-2-6-17(7-3-14)36-24(28,29)30)13-34-21-11-16(26)5-9-20(21)35-19-8-4-15(25)10-18(19)27/h2-11H,13H2,1H3,(H,32,33). The number of benzene rings is 3. The molecule has 188 valence electrons. The number of carbonyl (C=O) groups is 1. The van der Waals surface area contributed by atoms with Crippen molar-refractivity contribution >= 4 is 52.5 Å². The van der Waals surface area contributed by atoms with Crippen molar-refractivity contribution in [2.24, 2.45) is 0 Å². The highest BCUT2D eigenvalue weighted by atomic mass is 35.5. The van der Waals surface area contributed by atoms with Crippen molar-refractivity contribution in [1.29, 1.82) is 5.26 Å². The van der Waals surface area contributed by atoms with Crippen LogP contribution in [0.4, 0.5) is 13.2 Å². The quantitative estimate of drug-likeness (QED) is 0.275. The van der Waals surface area contributed by atoms with Gasteiger partial charge in [-0.3, -0.25) is 4.79 Å². The van der Waals surface area contributed by atoms with Crippen molar-refractivity contribution in [3.63, 3.8) is 0 Å². The average molecular weight is 576 g/mol. The summed E-state index contributed by atoms with van der Waals surface area (Å²) in [5.74, 6) is 0.0594. The highest BCUT2D eigenvalue weighted by Gasteiger charge is 2.30. The van der Waals surface area contributed by atoms with E-state index in [9.17, 15) is 23.2 Å². The number of amides is 1. The molecule has 1 amide bonds. The maximum Gasteiger partial charge on any atom is 0.446 e. The predicted molar refractivity (Wildman–Crippen MR) is 133 cm³/mol. The van der Waals surface area contributed by atoms with Crippen molar-refractivity contribution in [3.05, 3.63) is 81.3 Å². The summed E-state index contributed by atoms with van der Waals surface area (Å²) in [6.07, 6.45) is 0. The molecule has 0 spiro atoms. The molecule has 3 aromatic rings. The van der Waals surface area contributed by atoms with E-state index in [2.05, 4.69) is 5.32 Å². The largest absolute Gasteiger partial charge is 0.486 e. The first-order chi connectivity index (χ1) is 16.9. The first-order valence-electron chi connectivity index (χ1n) is 10.0. The number of hydrogen-bond acceptors (Lipinski definition) is 5. The Morgan fingerprint density at radius 2 is 1.58 bits per heavy atom. The molecule has 0 aromatic heterocycles. The predicted octanol–water partition coefficient (Wildman–Crippen LogP) is 8.14. The normalized spacial score (nSPS) is 12.8. The molecule has 1 atom stereocenters. The zero-order valence-electron chi connectivity index (χ0n) is 18.3. The fraction of sp³-hybridized carbons (Fsp3) is 0.167. The van der Waals surface area contributed by atoms with Gasteiger partial charge in [0.2, 0.25) is 0 Å². The number of alkyl halides is 3. The van der Waals surface area contributed by atoms with Crippen molar-refractivity contribution < 1.29 is 27.4 Å². The van der Waals surface area contributed by atoms with Crippen LogP contribution in [-0.2, 0) is 0 Å². The van der Waals surface area contributed by atoms with Crippen molar-refractivity contribution in [3.8, 4) is 23.3 Å². The second kappa shape index (κ2) is 11.5. The molecule has 1 unspecified atom stereocenters. The Bertz CT molecular complexity index is 1300. The van der Waals surface area contributed by atoms with Gasteiger partial charge in [-0.1, -0.05) is 34.8 Å². The lowest BCUT2D eigenvalue weighted by Crippen LogP contribution is -2.49. The van der Waals surface area contributed by atoms with Crippen LogP contribution in [0.2, 0.25) is 15.1 Å².